The van der Waals surface area contributed by atoms with Crippen LogP contribution >= 0.6 is 0 Å². The van der Waals surface area contributed by atoms with E-state index in [-0.39, 0.29) is 5.78 Å². The van der Waals surface area contributed by atoms with Gasteiger partial charge in [0, 0.05) is 0 Å². The Morgan fingerprint density at radius 3 is 2.50 bits per heavy atom. The third-order valence-electron chi connectivity index (χ3n) is 1.83. The van der Waals surface area contributed by atoms with Gasteiger partial charge in [0.1, 0.15) is 0 Å². The van der Waals surface area contributed by atoms with Crippen molar-refractivity contribution in [2.24, 2.45) is 5.73 Å². The summed E-state index contributed by atoms with van der Waals surface area (Å²) in [6.45, 7) is 5.96. The van der Waals surface area contributed by atoms with Gasteiger partial charge in [0.05, 0.1) is 5.54 Å². The van der Waals surface area contributed by atoms with Gasteiger partial charge in [-0.25, -0.2) is 0 Å². The zero-order chi connectivity index (χ0) is 9.78. The molecule has 0 aliphatic heterocycles. The standard InChI is InChI=1S/C9H18N2O/c1-5-8(12)9(2,10)6-7-11(3)4/h5H,1,6-7,10H2,2-4H3. The summed E-state index contributed by atoms with van der Waals surface area (Å²) in [6, 6.07) is 0. The van der Waals surface area contributed by atoms with Crippen LogP contribution in [0.5, 0.6) is 0 Å². The molecule has 0 spiro atoms. The van der Waals surface area contributed by atoms with Crippen molar-refractivity contribution in [3.63, 3.8) is 0 Å². The van der Waals surface area contributed by atoms with Crippen LogP contribution in [0.4, 0.5) is 0 Å². The van der Waals surface area contributed by atoms with Gasteiger partial charge in [0.25, 0.3) is 0 Å². The first-order chi connectivity index (χ1) is 5.40. The lowest BCUT2D eigenvalue weighted by Gasteiger charge is -2.23. The van der Waals surface area contributed by atoms with Gasteiger partial charge in [-0.15, -0.1) is 0 Å². The van der Waals surface area contributed by atoms with Crippen molar-refractivity contribution in [1.29, 1.82) is 0 Å². The maximum atomic E-state index is 11.2. The molecule has 2 N–H and O–H groups in total. The van der Waals surface area contributed by atoms with E-state index >= 15 is 0 Å². The first-order valence-corrected chi connectivity index (χ1v) is 4.00. The molecule has 0 saturated heterocycles. The molecule has 70 valence electrons. The van der Waals surface area contributed by atoms with Crippen LogP contribution < -0.4 is 5.73 Å². The second-order valence-corrected chi connectivity index (χ2v) is 3.54. The number of ketones is 1. The molecule has 0 aromatic rings. The topological polar surface area (TPSA) is 46.3 Å². The second-order valence-electron chi connectivity index (χ2n) is 3.54. The number of carbonyl (C=O) groups excluding carboxylic acids is 1. The van der Waals surface area contributed by atoms with Crippen LogP contribution in [-0.4, -0.2) is 36.9 Å². The molecule has 0 aliphatic rings. The first kappa shape index (κ1) is 11.3. The highest BCUT2D eigenvalue weighted by atomic mass is 16.1. The van der Waals surface area contributed by atoms with Crippen LogP contribution in [0, 0.1) is 0 Å². The molecule has 0 rings (SSSR count). The second kappa shape index (κ2) is 4.38. The SMILES string of the molecule is C=CC(=O)C(C)(N)CCN(C)C. The van der Waals surface area contributed by atoms with Crippen LogP contribution in [0.3, 0.4) is 0 Å². The van der Waals surface area contributed by atoms with Gasteiger partial charge in [0.15, 0.2) is 5.78 Å². The van der Waals surface area contributed by atoms with E-state index in [1.165, 1.54) is 6.08 Å². The summed E-state index contributed by atoms with van der Waals surface area (Å²) in [7, 11) is 3.91. The third-order valence-corrected chi connectivity index (χ3v) is 1.83. The molecule has 0 bridgehead atoms. The highest BCUT2D eigenvalue weighted by molar-refractivity contribution is 5.96. The lowest BCUT2D eigenvalue weighted by Crippen LogP contribution is -2.45. The number of hydrogen-bond acceptors (Lipinski definition) is 3. The van der Waals surface area contributed by atoms with Crippen molar-refractivity contribution >= 4 is 5.78 Å². The van der Waals surface area contributed by atoms with Gasteiger partial charge in [-0.3, -0.25) is 4.79 Å². The van der Waals surface area contributed by atoms with Crippen LogP contribution in [0.1, 0.15) is 13.3 Å². The molecule has 0 amide bonds. The highest BCUT2D eigenvalue weighted by Crippen LogP contribution is 2.07. The molecular formula is C9H18N2O. The quantitative estimate of drug-likeness (QED) is 0.608. The Balaban J connectivity index is 4.03. The van der Waals surface area contributed by atoms with Gasteiger partial charge < -0.3 is 10.6 Å². The molecular weight excluding hydrogens is 152 g/mol. The molecule has 0 aliphatic carbocycles. The summed E-state index contributed by atoms with van der Waals surface area (Å²) in [5.74, 6) is -0.0932. The average molecular weight is 170 g/mol. The van der Waals surface area contributed by atoms with E-state index in [4.69, 9.17) is 5.73 Å². The summed E-state index contributed by atoms with van der Waals surface area (Å²) < 4.78 is 0. The molecule has 0 aromatic carbocycles. The lowest BCUT2D eigenvalue weighted by molar-refractivity contribution is -0.119. The van der Waals surface area contributed by atoms with Crippen molar-refractivity contribution in [2.75, 3.05) is 20.6 Å². The predicted molar refractivity (Wildman–Crippen MR) is 51.0 cm³/mol. The molecule has 12 heavy (non-hydrogen) atoms. The minimum atomic E-state index is -0.758. The summed E-state index contributed by atoms with van der Waals surface area (Å²) in [4.78, 5) is 13.2. The van der Waals surface area contributed by atoms with Crippen molar-refractivity contribution in [1.82, 2.24) is 4.90 Å². The minimum absolute atomic E-state index is 0.0932. The Hall–Kier alpha value is -0.670. The zero-order valence-electron chi connectivity index (χ0n) is 8.13. The van der Waals surface area contributed by atoms with Gasteiger partial charge in [0.2, 0.25) is 0 Å². The van der Waals surface area contributed by atoms with Crippen LogP contribution in [0.2, 0.25) is 0 Å². The van der Waals surface area contributed by atoms with Crippen molar-refractivity contribution in [2.45, 2.75) is 18.9 Å². The Morgan fingerprint density at radius 1 is 1.67 bits per heavy atom. The zero-order valence-corrected chi connectivity index (χ0v) is 8.13. The number of hydrogen-bond donors (Lipinski definition) is 1. The Kier molecular flexibility index (Phi) is 4.13. The average Bonchev–Trinajstić information content (AvgIpc) is 1.99. The number of rotatable bonds is 5. The van der Waals surface area contributed by atoms with E-state index in [1.807, 2.05) is 19.0 Å². The van der Waals surface area contributed by atoms with E-state index in [0.717, 1.165) is 6.54 Å². The van der Waals surface area contributed by atoms with Crippen LogP contribution in [0.15, 0.2) is 12.7 Å². The maximum Gasteiger partial charge on any atom is 0.174 e. The van der Waals surface area contributed by atoms with Crippen molar-refractivity contribution < 1.29 is 4.79 Å². The molecule has 0 heterocycles. The minimum Gasteiger partial charge on any atom is -0.319 e. The summed E-state index contributed by atoms with van der Waals surface area (Å²) >= 11 is 0. The number of carbonyl (C=O) groups is 1. The van der Waals surface area contributed by atoms with Gasteiger partial charge >= 0.3 is 0 Å². The van der Waals surface area contributed by atoms with E-state index in [1.54, 1.807) is 6.92 Å². The van der Waals surface area contributed by atoms with E-state index in [9.17, 15) is 4.79 Å². The van der Waals surface area contributed by atoms with Crippen molar-refractivity contribution in [3.8, 4) is 0 Å². The lowest BCUT2D eigenvalue weighted by atomic mass is 9.93. The summed E-state index contributed by atoms with van der Waals surface area (Å²) in [6.07, 6.45) is 1.94. The summed E-state index contributed by atoms with van der Waals surface area (Å²) in [5.41, 5.74) is 5.01. The normalized spacial score (nSPS) is 15.8. The van der Waals surface area contributed by atoms with Crippen molar-refractivity contribution in [3.05, 3.63) is 12.7 Å². The summed E-state index contributed by atoms with van der Waals surface area (Å²) in [5, 5.41) is 0. The van der Waals surface area contributed by atoms with Gasteiger partial charge in [-0.2, -0.15) is 0 Å². The maximum absolute atomic E-state index is 11.2. The van der Waals surface area contributed by atoms with E-state index in [2.05, 4.69) is 6.58 Å². The van der Waals surface area contributed by atoms with Crippen LogP contribution in [0.25, 0.3) is 0 Å². The fraction of sp³-hybridized carbons (Fsp3) is 0.667. The largest absolute Gasteiger partial charge is 0.319 e. The molecule has 0 radical (unpaired) electrons. The molecule has 0 fully saturated rings. The number of nitrogens with zero attached hydrogens (tertiary/aromatic N) is 1. The fourth-order valence-electron chi connectivity index (χ4n) is 0.812. The molecule has 0 aromatic heterocycles. The van der Waals surface area contributed by atoms with Gasteiger partial charge in [-0.1, -0.05) is 6.58 Å². The highest BCUT2D eigenvalue weighted by Gasteiger charge is 2.24. The smallest absolute Gasteiger partial charge is 0.174 e. The molecule has 0 saturated carbocycles. The van der Waals surface area contributed by atoms with E-state index < -0.39 is 5.54 Å². The monoisotopic (exact) mass is 170 g/mol. The van der Waals surface area contributed by atoms with Crippen LogP contribution in [-0.2, 0) is 4.79 Å². The molecule has 1 atom stereocenters. The van der Waals surface area contributed by atoms with Gasteiger partial charge in [-0.05, 0) is 40.1 Å². The molecule has 1 unspecified atom stereocenters. The fourth-order valence-corrected chi connectivity index (χ4v) is 0.812. The van der Waals surface area contributed by atoms with E-state index in [0.29, 0.717) is 6.42 Å². The number of nitrogens with two attached hydrogens (primary N) is 1. The Morgan fingerprint density at radius 2 is 2.17 bits per heavy atom. The Bertz CT molecular complexity index is 173. The Labute approximate surface area is 74.2 Å². The molecule has 3 nitrogen and oxygen atoms in total. The predicted octanol–water partition coefficient (Wildman–Crippen LogP) is 0.411. The third kappa shape index (κ3) is 3.64. The first-order valence-electron chi connectivity index (χ1n) is 4.00. The molecule has 3 heteroatoms.